The van der Waals surface area contributed by atoms with Crippen LogP contribution in [0.3, 0.4) is 0 Å². The van der Waals surface area contributed by atoms with E-state index < -0.39 is 6.17 Å². The van der Waals surface area contributed by atoms with Gasteiger partial charge in [0.2, 0.25) is 0 Å². The maximum absolute atomic E-state index is 13.2. The van der Waals surface area contributed by atoms with Crippen molar-refractivity contribution in [3.05, 3.63) is 101 Å². The number of hydrogen-bond donors (Lipinski definition) is 1. The number of fused-ring (bicyclic) bond motifs is 2. The van der Waals surface area contributed by atoms with E-state index in [1.165, 1.54) is 11.8 Å². The first-order valence-corrected chi connectivity index (χ1v) is 10.9. The van der Waals surface area contributed by atoms with Gasteiger partial charge in [0.25, 0.3) is 5.91 Å². The van der Waals surface area contributed by atoms with Gasteiger partial charge in [-0.05, 0) is 17.7 Å². The molecular formula is C24H20N4O2S. The highest BCUT2D eigenvalue weighted by atomic mass is 32.2. The predicted molar refractivity (Wildman–Crippen MR) is 122 cm³/mol. The number of rotatable bonds is 4. The number of carbonyl (C=O) groups is 1. The molecule has 3 aromatic rings. The van der Waals surface area contributed by atoms with Crippen molar-refractivity contribution < 1.29 is 9.53 Å². The Hall–Kier alpha value is -3.58. The van der Waals surface area contributed by atoms with E-state index in [1.807, 2.05) is 66.7 Å². The molecule has 1 N–H and O–H groups in total. The third-order valence-corrected chi connectivity index (χ3v) is 6.09. The molecule has 5 rings (SSSR count). The van der Waals surface area contributed by atoms with Crippen LogP contribution in [-0.4, -0.2) is 23.2 Å². The topological polar surface area (TPSA) is 66.3 Å². The van der Waals surface area contributed by atoms with Crippen LogP contribution in [-0.2, 0) is 10.5 Å². The van der Waals surface area contributed by atoms with E-state index in [4.69, 9.17) is 14.8 Å². The van der Waals surface area contributed by atoms with Crippen molar-refractivity contribution in [1.29, 1.82) is 0 Å². The Labute approximate surface area is 184 Å². The lowest BCUT2D eigenvalue weighted by atomic mass is 10.1. The second-order valence-corrected chi connectivity index (χ2v) is 8.05. The lowest BCUT2D eigenvalue weighted by Crippen LogP contribution is -2.50. The normalized spacial score (nSPS) is 17.1. The number of hydrazone groups is 1. The van der Waals surface area contributed by atoms with Gasteiger partial charge < -0.3 is 4.74 Å². The summed E-state index contributed by atoms with van der Waals surface area (Å²) in [7, 11) is 1.63. The zero-order valence-corrected chi connectivity index (χ0v) is 17.7. The molecule has 6 nitrogen and oxygen atoms in total. The molecule has 154 valence electrons. The van der Waals surface area contributed by atoms with Gasteiger partial charge in [-0.1, -0.05) is 78.5 Å². The van der Waals surface area contributed by atoms with E-state index in [2.05, 4.69) is 17.4 Å². The molecule has 0 fully saturated rings. The highest BCUT2D eigenvalue weighted by molar-refractivity contribution is 8.13. The Morgan fingerprint density at radius 3 is 2.58 bits per heavy atom. The molecule has 1 amide bonds. The van der Waals surface area contributed by atoms with Crippen LogP contribution in [0.2, 0.25) is 0 Å². The van der Waals surface area contributed by atoms with E-state index in [1.54, 1.807) is 12.1 Å². The van der Waals surface area contributed by atoms with Crippen molar-refractivity contribution >= 4 is 28.5 Å². The van der Waals surface area contributed by atoms with Gasteiger partial charge in [0.15, 0.2) is 11.3 Å². The fourth-order valence-corrected chi connectivity index (χ4v) is 4.51. The number of carbonyl (C=O) groups excluding carboxylic acids is 1. The molecule has 1 atom stereocenters. The molecule has 31 heavy (non-hydrogen) atoms. The Balaban J connectivity index is 1.60. The molecule has 0 aromatic heterocycles. The molecular weight excluding hydrogens is 408 g/mol. The molecule has 1 unspecified atom stereocenters. The van der Waals surface area contributed by atoms with Gasteiger partial charge in [-0.2, -0.15) is 0 Å². The van der Waals surface area contributed by atoms with E-state index in [-0.39, 0.29) is 5.91 Å². The number of nitrogens with zero attached hydrogens (tertiary/aromatic N) is 3. The van der Waals surface area contributed by atoms with Crippen LogP contribution in [0.1, 0.15) is 17.3 Å². The Morgan fingerprint density at radius 2 is 1.74 bits per heavy atom. The minimum atomic E-state index is -0.501. The first-order valence-electron chi connectivity index (χ1n) is 9.90. The molecule has 0 radical (unpaired) electrons. The summed E-state index contributed by atoms with van der Waals surface area (Å²) in [6.07, 6.45) is -0.501. The summed E-state index contributed by atoms with van der Waals surface area (Å²) < 4.78 is 5.58. The molecule has 0 spiro atoms. The molecule has 0 aliphatic carbocycles. The largest absolute Gasteiger partial charge is 0.496 e. The fraction of sp³-hybridized carbons (Fsp3) is 0.125. The molecule has 0 bridgehead atoms. The number of para-hydroxylation sites is 2. The average Bonchev–Trinajstić information content (AvgIpc) is 2.82. The van der Waals surface area contributed by atoms with Crippen LogP contribution in [0.5, 0.6) is 5.75 Å². The molecule has 2 aliphatic rings. The maximum Gasteiger partial charge on any atom is 0.276 e. The summed E-state index contributed by atoms with van der Waals surface area (Å²) >= 11 is 1.49. The van der Waals surface area contributed by atoms with Crippen LogP contribution in [0.4, 0.5) is 0 Å². The number of thioether (sulfide) groups is 1. The summed E-state index contributed by atoms with van der Waals surface area (Å²) in [6.45, 7) is 0. The van der Waals surface area contributed by atoms with Gasteiger partial charge in [-0.3, -0.25) is 15.1 Å². The molecule has 7 heteroatoms. The van der Waals surface area contributed by atoms with Crippen molar-refractivity contribution in [1.82, 2.24) is 10.3 Å². The van der Waals surface area contributed by atoms with E-state index in [9.17, 15) is 4.79 Å². The van der Waals surface area contributed by atoms with Crippen molar-refractivity contribution in [3.63, 3.8) is 0 Å². The van der Waals surface area contributed by atoms with E-state index >= 15 is 0 Å². The van der Waals surface area contributed by atoms with Crippen molar-refractivity contribution in [3.8, 4) is 5.75 Å². The quantitative estimate of drug-likeness (QED) is 0.694. The number of nitrogens with one attached hydrogen (secondary N) is 1. The number of ether oxygens (including phenoxy) is 1. The van der Waals surface area contributed by atoms with Crippen LogP contribution in [0, 0.1) is 0 Å². The van der Waals surface area contributed by atoms with E-state index in [0.717, 1.165) is 21.7 Å². The minimum Gasteiger partial charge on any atom is -0.496 e. The minimum absolute atomic E-state index is 0.187. The zero-order valence-electron chi connectivity index (χ0n) is 16.9. The molecule has 2 aliphatic heterocycles. The first-order chi connectivity index (χ1) is 15.2. The highest BCUT2D eigenvalue weighted by Gasteiger charge is 2.35. The summed E-state index contributed by atoms with van der Waals surface area (Å²) in [5.74, 6) is 1.22. The van der Waals surface area contributed by atoms with Gasteiger partial charge in [-0.25, -0.2) is 5.01 Å². The number of benzene rings is 3. The van der Waals surface area contributed by atoms with Crippen LogP contribution < -0.4 is 20.6 Å². The van der Waals surface area contributed by atoms with Crippen molar-refractivity contribution in [2.45, 2.75) is 11.9 Å². The number of amides is 1. The summed E-state index contributed by atoms with van der Waals surface area (Å²) in [5, 5.41) is 11.5. The second kappa shape index (κ2) is 8.28. The Morgan fingerprint density at radius 1 is 1.00 bits per heavy atom. The standard InChI is InChI=1S/C24H20N4O2S/c1-30-20-14-8-6-12-18(20)22-25-19-13-7-5-11-17(19)21-23(29)26-24(27-28(21)22)31-15-16-9-3-2-4-10-16/h2-14,22H,15H2,1H3,(H,26,27,29). The Bertz CT molecular complexity index is 1290. The molecule has 0 saturated heterocycles. The van der Waals surface area contributed by atoms with Crippen LogP contribution in [0.15, 0.2) is 89.0 Å². The smallest absolute Gasteiger partial charge is 0.276 e. The zero-order chi connectivity index (χ0) is 21.2. The second-order valence-electron chi connectivity index (χ2n) is 7.09. The number of amidine groups is 1. The third kappa shape index (κ3) is 3.68. The average molecular weight is 429 g/mol. The summed E-state index contributed by atoms with van der Waals surface area (Å²) in [5.41, 5.74) is 2.50. The van der Waals surface area contributed by atoms with Crippen LogP contribution >= 0.6 is 11.8 Å². The summed E-state index contributed by atoms with van der Waals surface area (Å²) in [6, 6.07) is 25.4. The summed E-state index contributed by atoms with van der Waals surface area (Å²) in [4.78, 5) is 18.1. The SMILES string of the molecule is COc1ccccc1C1N=c2ccccc2=C2C(=O)NC(SCc3ccccc3)=NN21. The molecule has 3 aromatic carbocycles. The lowest BCUT2D eigenvalue weighted by Gasteiger charge is -2.34. The van der Waals surface area contributed by atoms with Gasteiger partial charge in [0.1, 0.15) is 11.4 Å². The van der Waals surface area contributed by atoms with Crippen molar-refractivity contribution in [2.24, 2.45) is 10.1 Å². The monoisotopic (exact) mass is 428 g/mol. The number of methoxy groups -OCH3 is 1. The fourth-order valence-electron chi connectivity index (χ4n) is 3.70. The van der Waals surface area contributed by atoms with Crippen molar-refractivity contribution in [2.75, 3.05) is 7.11 Å². The third-order valence-electron chi connectivity index (χ3n) is 5.15. The molecule has 2 heterocycles. The molecule has 0 saturated carbocycles. The first kappa shape index (κ1) is 19.4. The highest BCUT2D eigenvalue weighted by Crippen LogP contribution is 2.35. The van der Waals surface area contributed by atoms with Crippen LogP contribution in [0.25, 0.3) is 5.70 Å². The maximum atomic E-state index is 13.2. The number of hydrogen-bond acceptors (Lipinski definition) is 6. The predicted octanol–water partition coefficient (Wildman–Crippen LogP) is 2.77. The van der Waals surface area contributed by atoms with Gasteiger partial charge in [0.05, 0.1) is 12.5 Å². The van der Waals surface area contributed by atoms with Gasteiger partial charge >= 0.3 is 0 Å². The van der Waals surface area contributed by atoms with E-state index in [0.29, 0.717) is 22.4 Å². The van der Waals surface area contributed by atoms with Gasteiger partial charge in [-0.15, -0.1) is 5.10 Å². The Kier molecular flexibility index (Phi) is 5.18. The van der Waals surface area contributed by atoms with Gasteiger partial charge in [0, 0.05) is 16.5 Å². The lowest BCUT2D eigenvalue weighted by molar-refractivity contribution is -0.116.